The van der Waals surface area contributed by atoms with Crippen LogP contribution < -0.4 is 4.90 Å². The van der Waals surface area contributed by atoms with Gasteiger partial charge in [0.25, 0.3) is 0 Å². The number of anilines is 3. The molecule has 10 aromatic carbocycles. The smallest absolute Gasteiger partial charge is 0.0546 e. The number of rotatable bonds is 7. The molecule has 0 N–H and O–H groups in total. The zero-order valence-electron chi connectivity index (χ0n) is 30.3. The van der Waals surface area contributed by atoms with E-state index in [1.807, 2.05) is 0 Å². The van der Waals surface area contributed by atoms with Crippen molar-refractivity contribution in [3.63, 3.8) is 0 Å². The van der Waals surface area contributed by atoms with Gasteiger partial charge < -0.3 is 4.90 Å². The van der Waals surface area contributed by atoms with E-state index in [0.29, 0.717) is 0 Å². The van der Waals surface area contributed by atoms with Gasteiger partial charge in [0.15, 0.2) is 0 Å². The molecular weight excluding hydrogens is 663 g/mol. The Balaban J connectivity index is 1.33. The van der Waals surface area contributed by atoms with Gasteiger partial charge >= 0.3 is 0 Å². The monoisotopic (exact) mass is 699 g/mol. The van der Waals surface area contributed by atoms with E-state index in [1.165, 1.54) is 76.8 Å². The Morgan fingerprint density at radius 1 is 0.236 bits per heavy atom. The minimum absolute atomic E-state index is 1.11. The second-order valence-corrected chi connectivity index (χ2v) is 14.0. The molecule has 0 aliphatic heterocycles. The zero-order valence-corrected chi connectivity index (χ0v) is 30.3. The fourth-order valence-corrected chi connectivity index (χ4v) is 8.41. The Bertz CT molecular complexity index is 2980. The molecule has 0 bridgehead atoms. The molecule has 0 aliphatic rings. The van der Waals surface area contributed by atoms with Gasteiger partial charge in [0.05, 0.1) is 17.1 Å². The standard InChI is InChI=1S/C54H37N/c1-3-19-39(20-4-1)44-32-18-36-53(54(44)40-22-5-2-6-23-40)55(51-34-15-13-30-48(51)46-33-17-25-38-21-7-9-26-42(38)46)52-35-16-14-31-49(52)50-37-41-24-8-10-27-43(41)45-28-11-12-29-47(45)50/h1-37H. The first-order valence-corrected chi connectivity index (χ1v) is 18.9. The van der Waals surface area contributed by atoms with Crippen LogP contribution in [0.2, 0.25) is 0 Å². The molecule has 0 aliphatic carbocycles. The van der Waals surface area contributed by atoms with Gasteiger partial charge in [-0.3, -0.25) is 0 Å². The molecule has 1 nitrogen and oxygen atoms in total. The third kappa shape index (κ3) is 5.75. The highest BCUT2D eigenvalue weighted by atomic mass is 15.1. The molecule has 55 heavy (non-hydrogen) atoms. The van der Waals surface area contributed by atoms with Crippen molar-refractivity contribution < 1.29 is 0 Å². The van der Waals surface area contributed by atoms with Gasteiger partial charge in [-0.1, -0.05) is 200 Å². The molecule has 10 aromatic rings. The third-order valence-corrected chi connectivity index (χ3v) is 10.9. The number of para-hydroxylation sites is 2. The van der Waals surface area contributed by atoms with Crippen molar-refractivity contribution in [2.45, 2.75) is 0 Å². The lowest BCUT2D eigenvalue weighted by atomic mass is 9.89. The normalized spacial score (nSPS) is 11.3. The third-order valence-electron chi connectivity index (χ3n) is 10.9. The van der Waals surface area contributed by atoms with E-state index in [9.17, 15) is 0 Å². The number of nitrogens with zero attached hydrogens (tertiary/aromatic N) is 1. The molecule has 0 unspecified atom stereocenters. The summed E-state index contributed by atoms with van der Waals surface area (Å²) in [6.45, 7) is 0. The highest BCUT2D eigenvalue weighted by molar-refractivity contribution is 6.15. The van der Waals surface area contributed by atoms with Crippen LogP contribution in [-0.2, 0) is 0 Å². The Kier molecular flexibility index (Phi) is 8.24. The maximum atomic E-state index is 2.52. The van der Waals surface area contributed by atoms with E-state index in [0.717, 1.165) is 17.1 Å². The Morgan fingerprint density at radius 2 is 0.691 bits per heavy atom. The quantitative estimate of drug-likeness (QED) is 0.150. The average Bonchev–Trinajstić information content (AvgIpc) is 3.27. The van der Waals surface area contributed by atoms with Crippen LogP contribution in [0.5, 0.6) is 0 Å². The molecule has 0 radical (unpaired) electrons. The summed E-state index contributed by atoms with van der Waals surface area (Å²) in [6.07, 6.45) is 0. The van der Waals surface area contributed by atoms with E-state index in [1.54, 1.807) is 0 Å². The summed E-state index contributed by atoms with van der Waals surface area (Å²) in [5, 5.41) is 7.43. The van der Waals surface area contributed by atoms with Crippen LogP contribution in [0, 0.1) is 0 Å². The van der Waals surface area contributed by atoms with Gasteiger partial charge in [-0.25, -0.2) is 0 Å². The van der Waals surface area contributed by atoms with E-state index >= 15 is 0 Å². The minimum Gasteiger partial charge on any atom is -0.309 e. The molecule has 0 amide bonds. The van der Waals surface area contributed by atoms with Crippen LogP contribution in [0.3, 0.4) is 0 Å². The van der Waals surface area contributed by atoms with E-state index < -0.39 is 0 Å². The summed E-state index contributed by atoms with van der Waals surface area (Å²) < 4.78 is 0. The van der Waals surface area contributed by atoms with Crippen molar-refractivity contribution in [3.8, 4) is 44.5 Å². The van der Waals surface area contributed by atoms with Crippen molar-refractivity contribution in [2.24, 2.45) is 0 Å². The molecule has 0 aromatic heterocycles. The predicted molar refractivity (Wildman–Crippen MR) is 235 cm³/mol. The molecule has 10 rings (SSSR count). The highest BCUT2D eigenvalue weighted by Gasteiger charge is 2.26. The van der Waals surface area contributed by atoms with E-state index in [4.69, 9.17) is 0 Å². The Hall–Kier alpha value is -7.22. The Morgan fingerprint density at radius 3 is 1.42 bits per heavy atom. The van der Waals surface area contributed by atoms with Crippen molar-refractivity contribution in [1.82, 2.24) is 0 Å². The lowest BCUT2D eigenvalue weighted by molar-refractivity contribution is 1.29. The summed E-state index contributed by atoms with van der Waals surface area (Å²) in [5.41, 5.74) is 12.8. The molecule has 0 saturated carbocycles. The van der Waals surface area contributed by atoms with Crippen molar-refractivity contribution >= 4 is 49.4 Å². The van der Waals surface area contributed by atoms with Gasteiger partial charge in [0, 0.05) is 16.7 Å². The van der Waals surface area contributed by atoms with Crippen LogP contribution >= 0.6 is 0 Å². The molecule has 0 heterocycles. The molecule has 0 saturated heterocycles. The topological polar surface area (TPSA) is 3.24 Å². The minimum atomic E-state index is 1.11. The fourth-order valence-electron chi connectivity index (χ4n) is 8.41. The van der Waals surface area contributed by atoms with Crippen LogP contribution in [0.25, 0.3) is 76.8 Å². The molecular formula is C54H37N. The van der Waals surface area contributed by atoms with Gasteiger partial charge in [-0.15, -0.1) is 0 Å². The molecule has 0 atom stereocenters. The Labute approximate surface area is 322 Å². The number of fused-ring (bicyclic) bond motifs is 4. The summed E-state index contributed by atoms with van der Waals surface area (Å²) in [5.74, 6) is 0. The summed E-state index contributed by atoms with van der Waals surface area (Å²) >= 11 is 0. The zero-order chi connectivity index (χ0) is 36.6. The highest BCUT2D eigenvalue weighted by Crippen LogP contribution is 2.51. The summed E-state index contributed by atoms with van der Waals surface area (Å²) in [7, 11) is 0. The first-order valence-electron chi connectivity index (χ1n) is 18.9. The van der Waals surface area contributed by atoms with Gasteiger partial charge in [-0.05, 0) is 84.4 Å². The molecule has 0 spiro atoms. The van der Waals surface area contributed by atoms with Crippen LogP contribution in [0.1, 0.15) is 0 Å². The van der Waals surface area contributed by atoms with Gasteiger partial charge in [-0.2, -0.15) is 0 Å². The molecule has 0 fully saturated rings. The number of hydrogen-bond acceptors (Lipinski definition) is 1. The number of hydrogen-bond donors (Lipinski definition) is 0. The lowest BCUT2D eigenvalue weighted by Crippen LogP contribution is -2.14. The largest absolute Gasteiger partial charge is 0.309 e. The second kappa shape index (κ2) is 14.0. The summed E-state index contributed by atoms with van der Waals surface area (Å²) in [6, 6.07) is 81.6. The fraction of sp³-hybridized carbons (Fsp3) is 0. The van der Waals surface area contributed by atoms with Crippen LogP contribution in [0.15, 0.2) is 224 Å². The predicted octanol–water partition coefficient (Wildman–Crippen LogP) is 15.3. The van der Waals surface area contributed by atoms with Gasteiger partial charge in [0.2, 0.25) is 0 Å². The maximum Gasteiger partial charge on any atom is 0.0546 e. The van der Waals surface area contributed by atoms with Crippen molar-refractivity contribution in [2.75, 3.05) is 4.90 Å². The van der Waals surface area contributed by atoms with E-state index in [2.05, 4.69) is 229 Å². The lowest BCUT2D eigenvalue weighted by Gasteiger charge is -2.33. The SMILES string of the molecule is c1ccc(-c2cccc(N(c3ccccc3-c3cccc4ccccc34)c3ccccc3-c3cc4ccccc4c4ccccc34)c2-c2ccccc2)cc1. The maximum absolute atomic E-state index is 2.52. The summed E-state index contributed by atoms with van der Waals surface area (Å²) in [4.78, 5) is 2.52. The first kappa shape index (κ1) is 32.4. The average molecular weight is 700 g/mol. The first-order chi connectivity index (χ1) is 27.3. The van der Waals surface area contributed by atoms with Crippen LogP contribution in [-0.4, -0.2) is 0 Å². The van der Waals surface area contributed by atoms with Crippen molar-refractivity contribution in [3.05, 3.63) is 224 Å². The number of benzene rings is 10. The van der Waals surface area contributed by atoms with E-state index in [-0.39, 0.29) is 0 Å². The van der Waals surface area contributed by atoms with Gasteiger partial charge in [0.1, 0.15) is 0 Å². The van der Waals surface area contributed by atoms with Crippen LogP contribution in [0.4, 0.5) is 17.1 Å². The van der Waals surface area contributed by atoms with Crippen molar-refractivity contribution in [1.29, 1.82) is 0 Å². The molecule has 258 valence electrons. The second-order valence-electron chi connectivity index (χ2n) is 14.0. The molecule has 1 heteroatoms.